The summed E-state index contributed by atoms with van der Waals surface area (Å²) < 4.78 is 2.49. The molecule has 1 heterocycles. The minimum Gasteiger partial charge on any atom is -0.248 e. The molecule has 0 aromatic carbocycles. The molecule has 0 atom stereocenters. The predicted molar refractivity (Wildman–Crippen MR) is 179 cm³/mol. The second-order valence-electron chi connectivity index (χ2n) is 13.1. The highest BCUT2D eigenvalue weighted by molar-refractivity contribution is 4.77. The minimum absolute atomic E-state index is 1.20. The van der Waals surface area contributed by atoms with Crippen molar-refractivity contribution in [2.75, 3.05) is 0 Å². The molecule has 0 fully saturated rings. The lowest BCUT2D eigenvalue weighted by Gasteiger charge is -2.04. The summed E-state index contributed by atoms with van der Waals surface area (Å²) in [5.74, 6) is 1.45. The van der Waals surface area contributed by atoms with Crippen LogP contribution in [0.3, 0.4) is 0 Å². The standard InChI is InChI=1S/C38H74N2/c1-3-5-7-9-11-13-15-17-19-21-23-25-27-29-31-33-36-40-37-35-39-38(40)34-32-30-28-26-24-22-20-18-16-14-12-10-8-6-4-2/h35,37H,3-34,36H2,1-2H3/p+1. The van der Waals surface area contributed by atoms with Gasteiger partial charge in [-0.15, -0.1) is 0 Å². The predicted octanol–water partition coefficient (Wildman–Crippen LogP) is 13.0. The third-order valence-electron chi connectivity index (χ3n) is 9.12. The molecule has 1 rings (SSSR count). The Morgan fingerprint density at radius 1 is 0.400 bits per heavy atom. The average Bonchev–Trinajstić information content (AvgIpc) is 3.42. The van der Waals surface area contributed by atoms with Crippen molar-refractivity contribution in [1.82, 2.24) is 4.98 Å². The van der Waals surface area contributed by atoms with E-state index in [1.807, 2.05) is 0 Å². The quantitative estimate of drug-likeness (QED) is 0.0652. The van der Waals surface area contributed by atoms with Crippen LogP contribution in [-0.2, 0) is 13.0 Å². The van der Waals surface area contributed by atoms with Gasteiger partial charge in [-0.3, -0.25) is 0 Å². The van der Waals surface area contributed by atoms with Crippen LogP contribution in [0, 0.1) is 0 Å². The summed E-state index contributed by atoms with van der Waals surface area (Å²) in [7, 11) is 0. The Morgan fingerprint density at radius 3 is 1.05 bits per heavy atom. The summed E-state index contributed by atoms with van der Waals surface area (Å²) in [5.41, 5.74) is 0. The maximum absolute atomic E-state index is 3.52. The number of imidazole rings is 1. The molecule has 1 aromatic rings. The van der Waals surface area contributed by atoms with Crippen LogP contribution < -0.4 is 4.57 Å². The summed E-state index contributed by atoms with van der Waals surface area (Å²) in [4.78, 5) is 3.52. The summed E-state index contributed by atoms with van der Waals surface area (Å²) in [6.45, 7) is 5.82. The zero-order valence-electron chi connectivity index (χ0n) is 27.9. The smallest absolute Gasteiger partial charge is 0.248 e. The zero-order chi connectivity index (χ0) is 28.6. The third-order valence-corrected chi connectivity index (χ3v) is 9.12. The van der Waals surface area contributed by atoms with E-state index >= 15 is 0 Å². The topological polar surface area (TPSA) is 19.7 Å². The number of nitrogens with zero attached hydrogens (tertiary/aromatic N) is 1. The van der Waals surface area contributed by atoms with Gasteiger partial charge in [-0.05, 0) is 19.3 Å². The van der Waals surface area contributed by atoms with E-state index in [1.54, 1.807) is 0 Å². The van der Waals surface area contributed by atoms with E-state index in [-0.39, 0.29) is 0 Å². The molecule has 0 bridgehead atoms. The van der Waals surface area contributed by atoms with Crippen LogP contribution in [0.15, 0.2) is 12.4 Å². The molecule has 1 N–H and O–H groups in total. The first kappa shape index (κ1) is 37.2. The first-order valence-electron chi connectivity index (χ1n) is 18.9. The summed E-state index contributed by atoms with van der Waals surface area (Å²) >= 11 is 0. The van der Waals surface area contributed by atoms with Crippen LogP contribution in [0.5, 0.6) is 0 Å². The van der Waals surface area contributed by atoms with Gasteiger partial charge in [0.15, 0.2) is 0 Å². The fourth-order valence-corrected chi connectivity index (χ4v) is 6.32. The molecule has 2 heteroatoms. The van der Waals surface area contributed by atoms with Gasteiger partial charge >= 0.3 is 0 Å². The highest BCUT2D eigenvalue weighted by atomic mass is 15.1. The van der Waals surface area contributed by atoms with E-state index in [1.165, 1.54) is 218 Å². The van der Waals surface area contributed by atoms with Gasteiger partial charge in [-0.25, -0.2) is 9.55 Å². The Balaban J connectivity index is 1.83. The van der Waals surface area contributed by atoms with Gasteiger partial charge in [0, 0.05) is 6.42 Å². The average molecular weight is 560 g/mol. The van der Waals surface area contributed by atoms with Gasteiger partial charge in [-0.1, -0.05) is 194 Å². The second-order valence-corrected chi connectivity index (χ2v) is 13.1. The van der Waals surface area contributed by atoms with Gasteiger partial charge in [0.05, 0.1) is 6.54 Å². The Morgan fingerprint density at radius 2 is 0.700 bits per heavy atom. The van der Waals surface area contributed by atoms with E-state index in [2.05, 4.69) is 35.8 Å². The van der Waals surface area contributed by atoms with Crippen molar-refractivity contribution in [2.45, 2.75) is 226 Å². The van der Waals surface area contributed by atoms with Crippen LogP contribution in [0.25, 0.3) is 0 Å². The molecular formula is C38H75N2+. The summed E-state index contributed by atoms with van der Waals surface area (Å²) in [5, 5.41) is 0. The molecule has 236 valence electrons. The fraction of sp³-hybridized carbons (Fsp3) is 0.921. The van der Waals surface area contributed by atoms with Crippen molar-refractivity contribution >= 4 is 0 Å². The lowest BCUT2D eigenvalue weighted by Crippen LogP contribution is -2.36. The van der Waals surface area contributed by atoms with Crippen molar-refractivity contribution in [3.8, 4) is 0 Å². The molecule has 0 aliphatic rings. The Bertz CT molecular complexity index is 592. The largest absolute Gasteiger partial charge is 0.254 e. The normalized spacial score (nSPS) is 11.6. The Labute approximate surface area is 253 Å². The lowest BCUT2D eigenvalue weighted by atomic mass is 10.0. The molecule has 0 radical (unpaired) electrons. The van der Waals surface area contributed by atoms with E-state index in [0.717, 1.165) is 0 Å². The van der Waals surface area contributed by atoms with Gasteiger partial charge in [0.25, 0.3) is 5.82 Å². The first-order chi connectivity index (χ1) is 19.9. The van der Waals surface area contributed by atoms with Crippen molar-refractivity contribution in [3.63, 3.8) is 0 Å². The van der Waals surface area contributed by atoms with Crippen molar-refractivity contribution < 1.29 is 4.57 Å². The molecule has 0 saturated carbocycles. The number of H-pyrrole nitrogens is 1. The van der Waals surface area contributed by atoms with Crippen LogP contribution in [0.1, 0.15) is 219 Å². The third kappa shape index (κ3) is 25.0. The second kappa shape index (κ2) is 31.2. The molecule has 0 saturated heterocycles. The van der Waals surface area contributed by atoms with E-state index in [9.17, 15) is 0 Å². The molecule has 0 spiro atoms. The molecule has 2 nitrogen and oxygen atoms in total. The molecule has 1 aromatic heterocycles. The number of nitrogens with one attached hydrogen (secondary N) is 1. The number of hydrogen-bond acceptors (Lipinski definition) is 0. The molecule has 0 amide bonds. The van der Waals surface area contributed by atoms with E-state index < -0.39 is 0 Å². The number of aromatic nitrogens is 2. The number of unbranched alkanes of at least 4 members (excludes halogenated alkanes) is 29. The van der Waals surface area contributed by atoms with Crippen LogP contribution in [-0.4, -0.2) is 4.98 Å². The van der Waals surface area contributed by atoms with Gasteiger partial charge in [-0.2, -0.15) is 0 Å². The molecule has 0 aliphatic carbocycles. The van der Waals surface area contributed by atoms with Crippen LogP contribution in [0.2, 0.25) is 0 Å². The highest BCUT2D eigenvalue weighted by Crippen LogP contribution is 2.15. The number of aryl methyl sites for hydroxylation is 2. The Hall–Kier alpha value is -0.790. The van der Waals surface area contributed by atoms with Gasteiger partial charge in [0.2, 0.25) is 0 Å². The maximum atomic E-state index is 3.52. The summed E-state index contributed by atoms with van der Waals surface area (Å²) in [6.07, 6.45) is 50.4. The summed E-state index contributed by atoms with van der Waals surface area (Å²) in [6, 6.07) is 0. The first-order valence-corrected chi connectivity index (χ1v) is 18.9. The van der Waals surface area contributed by atoms with Crippen molar-refractivity contribution in [3.05, 3.63) is 18.2 Å². The van der Waals surface area contributed by atoms with Crippen LogP contribution >= 0.6 is 0 Å². The number of rotatable bonds is 33. The SMILES string of the molecule is CCCCCCCCCCCCCCCCCC[n+]1cc[nH]c1CCCCCCCCCCCCCCCCC. The van der Waals surface area contributed by atoms with E-state index in [0.29, 0.717) is 0 Å². The van der Waals surface area contributed by atoms with Crippen molar-refractivity contribution in [1.29, 1.82) is 0 Å². The number of hydrogen-bond donors (Lipinski definition) is 1. The highest BCUT2D eigenvalue weighted by Gasteiger charge is 2.09. The number of aromatic amines is 1. The molecule has 0 unspecified atom stereocenters. The molecule has 40 heavy (non-hydrogen) atoms. The molecular weight excluding hydrogens is 484 g/mol. The fourth-order valence-electron chi connectivity index (χ4n) is 6.32. The van der Waals surface area contributed by atoms with Gasteiger partial charge < -0.3 is 0 Å². The monoisotopic (exact) mass is 560 g/mol. The van der Waals surface area contributed by atoms with Crippen molar-refractivity contribution in [2.24, 2.45) is 0 Å². The minimum atomic E-state index is 1.20. The maximum Gasteiger partial charge on any atom is 0.254 e. The van der Waals surface area contributed by atoms with Gasteiger partial charge in [0.1, 0.15) is 12.4 Å². The Kier molecular flexibility index (Phi) is 29.0. The molecule has 0 aliphatic heterocycles. The van der Waals surface area contributed by atoms with Crippen LogP contribution in [0.4, 0.5) is 0 Å². The zero-order valence-corrected chi connectivity index (χ0v) is 27.9. The van der Waals surface area contributed by atoms with E-state index in [4.69, 9.17) is 0 Å². The lowest BCUT2D eigenvalue weighted by molar-refractivity contribution is -0.703.